The fourth-order valence-electron chi connectivity index (χ4n) is 1.96. The van der Waals surface area contributed by atoms with Gasteiger partial charge < -0.3 is 16.0 Å². The first-order chi connectivity index (χ1) is 11.6. The number of urea groups is 1. The average molecular weight is 344 g/mol. The topological polar surface area (TPSA) is 70.2 Å². The lowest BCUT2D eigenvalue weighted by Gasteiger charge is -2.09. The zero-order chi connectivity index (χ0) is 17.4. The van der Waals surface area contributed by atoms with Gasteiger partial charge in [0.2, 0.25) is 0 Å². The average Bonchev–Trinajstić information content (AvgIpc) is 2.59. The predicted molar refractivity (Wildman–Crippen MR) is 96.3 cm³/mol. The van der Waals surface area contributed by atoms with Gasteiger partial charge in [-0.25, -0.2) is 4.79 Å². The third-order valence-corrected chi connectivity index (χ3v) is 3.58. The molecule has 0 atom stereocenters. The van der Waals surface area contributed by atoms with Crippen LogP contribution in [0.2, 0.25) is 5.02 Å². The van der Waals surface area contributed by atoms with Crippen molar-refractivity contribution in [3.63, 3.8) is 0 Å². The number of benzene rings is 2. The van der Waals surface area contributed by atoms with Crippen molar-refractivity contribution in [1.29, 1.82) is 0 Å². The molecule has 0 aliphatic carbocycles. The van der Waals surface area contributed by atoms with Gasteiger partial charge in [-0.15, -0.1) is 6.58 Å². The highest BCUT2D eigenvalue weighted by molar-refractivity contribution is 6.31. The molecular formula is C18H18ClN3O2. The molecule has 0 aromatic heterocycles. The van der Waals surface area contributed by atoms with Crippen LogP contribution in [0.25, 0.3) is 0 Å². The van der Waals surface area contributed by atoms with E-state index in [2.05, 4.69) is 22.5 Å². The van der Waals surface area contributed by atoms with Crippen LogP contribution in [-0.4, -0.2) is 18.5 Å². The van der Waals surface area contributed by atoms with E-state index < -0.39 is 0 Å². The van der Waals surface area contributed by atoms with E-state index in [1.54, 1.807) is 36.4 Å². The summed E-state index contributed by atoms with van der Waals surface area (Å²) in [4.78, 5) is 23.7. The second-order valence-electron chi connectivity index (χ2n) is 4.98. The molecule has 2 aromatic carbocycles. The number of hydrogen-bond donors (Lipinski definition) is 3. The van der Waals surface area contributed by atoms with E-state index in [9.17, 15) is 9.59 Å². The lowest BCUT2D eigenvalue weighted by molar-refractivity contribution is 0.0958. The van der Waals surface area contributed by atoms with E-state index in [1.165, 1.54) is 0 Å². The van der Waals surface area contributed by atoms with Gasteiger partial charge >= 0.3 is 6.03 Å². The molecule has 3 amide bonds. The second kappa shape index (κ2) is 8.74. The Kier molecular flexibility index (Phi) is 6.40. The van der Waals surface area contributed by atoms with Crippen LogP contribution in [-0.2, 0) is 6.54 Å². The van der Waals surface area contributed by atoms with E-state index >= 15 is 0 Å². The molecule has 3 N–H and O–H groups in total. The van der Waals surface area contributed by atoms with E-state index in [-0.39, 0.29) is 11.9 Å². The number of carbonyl (C=O) groups is 2. The number of rotatable bonds is 6. The van der Waals surface area contributed by atoms with Crippen LogP contribution in [0.15, 0.2) is 61.2 Å². The first kappa shape index (κ1) is 17.6. The third-order valence-electron chi connectivity index (χ3n) is 3.21. The Labute approximate surface area is 145 Å². The number of amides is 3. The van der Waals surface area contributed by atoms with Crippen LogP contribution in [0.4, 0.5) is 10.5 Å². The Hall–Kier alpha value is -2.79. The smallest absolute Gasteiger partial charge is 0.319 e. The van der Waals surface area contributed by atoms with Crippen molar-refractivity contribution < 1.29 is 9.59 Å². The van der Waals surface area contributed by atoms with Gasteiger partial charge in [0.1, 0.15) is 0 Å². The summed E-state index contributed by atoms with van der Waals surface area (Å²) in [7, 11) is 0. The normalized spacial score (nSPS) is 9.88. The molecule has 6 heteroatoms. The molecule has 0 fully saturated rings. The molecule has 124 valence electrons. The fraction of sp³-hybridized carbons (Fsp3) is 0.111. The molecule has 2 rings (SSSR count). The van der Waals surface area contributed by atoms with Crippen molar-refractivity contribution in [3.8, 4) is 0 Å². The molecule has 0 radical (unpaired) electrons. The number of hydrogen-bond acceptors (Lipinski definition) is 2. The van der Waals surface area contributed by atoms with Gasteiger partial charge in [0.25, 0.3) is 5.91 Å². The quantitative estimate of drug-likeness (QED) is 0.702. The van der Waals surface area contributed by atoms with E-state index in [0.29, 0.717) is 29.4 Å². The summed E-state index contributed by atoms with van der Waals surface area (Å²) in [5.74, 6) is -0.190. The van der Waals surface area contributed by atoms with Crippen LogP contribution in [0.1, 0.15) is 15.9 Å². The number of anilines is 1. The van der Waals surface area contributed by atoms with Gasteiger partial charge in [0, 0.05) is 29.4 Å². The molecule has 0 aliphatic rings. The fourth-order valence-corrected chi connectivity index (χ4v) is 2.17. The van der Waals surface area contributed by atoms with Crippen LogP contribution < -0.4 is 16.0 Å². The number of halogens is 1. The Bertz CT molecular complexity index is 729. The maximum absolute atomic E-state index is 11.9. The number of carbonyl (C=O) groups excluding carboxylic acids is 2. The summed E-state index contributed by atoms with van der Waals surface area (Å²) < 4.78 is 0. The lowest BCUT2D eigenvalue weighted by atomic mass is 10.2. The molecule has 24 heavy (non-hydrogen) atoms. The maximum Gasteiger partial charge on any atom is 0.319 e. The minimum Gasteiger partial charge on any atom is -0.349 e. The first-order valence-electron chi connectivity index (χ1n) is 7.37. The Morgan fingerprint density at radius 2 is 1.75 bits per heavy atom. The SMILES string of the molecule is C=CCNC(=O)c1ccc(NC(=O)NCc2ccccc2Cl)cc1. The molecular weight excluding hydrogens is 326 g/mol. The van der Waals surface area contributed by atoms with Gasteiger partial charge in [0.15, 0.2) is 0 Å². The zero-order valence-electron chi connectivity index (χ0n) is 13.0. The van der Waals surface area contributed by atoms with Crippen LogP contribution in [0.3, 0.4) is 0 Å². The second-order valence-corrected chi connectivity index (χ2v) is 5.38. The van der Waals surface area contributed by atoms with Crippen molar-refractivity contribution in [2.75, 3.05) is 11.9 Å². The van der Waals surface area contributed by atoms with Crippen molar-refractivity contribution >= 4 is 29.2 Å². The highest BCUT2D eigenvalue weighted by Crippen LogP contribution is 2.14. The first-order valence-corrected chi connectivity index (χ1v) is 7.75. The van der Waals surface area contributed by atoms with E-state index in [1.807, 2.05) is 18.2 Å². The third kappa shape index (κ3) is 5.14. The standard InChI is InChI=1S/C18H18ClN3O2/c1-2-11-20-17(23)13-7-9-15(10-8-13)22-18(24)21-12-14-5-3-4-6-16(14)19/h2-10H,1,11-12H2,(H,20,23)(H2,21,22,24). The number of nitrogens with one attached hydrogen (secondary N) is 3. The van der Waals surface area contributed by atoms with Gasteiger partial charge in [-0.2, -0.15) is 0 Å². The van der Waals surface area contributed by atoms with Gasteiger partial charge in [0.05, 0.1) is 0 Å². The molecule has 0 saturated carbocycles. The van der Waals surface area contributed by atoms with E-state index in [0.717, 1.165) is 5.56 Å². The van der Waals surface area contributed by atoms with Gasteiger partial charge in [-0.05, 0) is 35.9 Å². The molecule has 0 spiro atoms. The Morgan fingerprint density at radius 3 is 2.42 bits per heavy atom. The molecule has 0 bridgehead atoms. The summed E-state index contributed by atoms with van der Waals surface area (Å²) in [6.45, 7) is 4.27. The summed E-state index contributed by atoms with van der Waals surface area (Å²) in [5, 5.41) is 8.72. The Morgan fingerprint density at radius 1 is 1.04 bits per heavy atom. The summed E-state index contributed by atoms with van der Waals surface area (Å²) >= 11 is 6.04. The van der Waals surface area contributed by atoms with E-state index in [4.69, 9.17) is 11.6 Å². The summed E-state index contributed by atoms with van der Waals surface area (Å²) in [6, 6.07) is 13.6. The van der Waals surface area contributed by atoms with Crippen LogP contribution >= 0.6 is 11.6 Å². The van der Waals surface area contributed by atoms with Crippen molar-refractivity contribution in [1.82, 2.24) is 10.6 Å². The molecule has 0 aliphatic heterocycles. The zero-order valence-corrected chi connectivity index (χ0v) is 13.8. The molecule has 0 unspecified atom stereocenters. The maximum atomic E-state index is 11.9. The van der Waals surface area contributed by atoms with Gasteiger partial charge in [-0.1, -0.05) is 35.9 Å². The van der Waals surface area contributed by atoms with Crippen LogP contribution in [0, 0.1) is 0 Å². The van der Waals surface area contributed by atoms with Crippen molar-refractivity contribution in [2.24, 2.45) is 0 Å². The molecule has 5 nitrogen and oxygen atoms in total. The molecule has 2 aromatic rings. The summed E-state index contributed by atoms with van der Waals surface area (Å²) in [5.41, 5.74) is 1.94. The lowest BCUT2D eigenvalue weighted by Crippen LogP contribution is -2.28. The van der Waals surface area contributed by atoms with Crippen molar-refractivity contribution in [3.05, 3.63) is 77.3 Å². The largest absolute Gasteiger partial charge is 0.349 e. The minimum absolute atomic E-state index is 0.190. The molecule has 0 saturated heterocycles. The highest BCUT2D eigenvalue weighted by atomic mass is 35.5. The summed E-state index contributed by atoms with van der Waals surface area (Å²) in [6.07, 6.45) is 1.61. The van der Waals surface area contributed by atoms with Crippen molar-refractivity contribution in [2.45, 2.75) is 6.54 Å². The van der Waals surface area contributed by atoms with Gasteiger partial charge in [-0.3, -0.25) is 4.79 Å². The van der Waals surface area contributed by atoms with Crippen LogP contribution in [0.5, 0.6) is 0 Å². The minimum atomic E-state index is -0.348. The predicted octanol–water partition coefficient (Wildman–Crippen LogP) is 3.58. The monoisotopic (exact) mass is 343 g/mol. The highest BCUT2D eigenvalue weighted by Gasteiger charge is 2.06. The molecule has 0 heterocycles. The Balaban J connectivity index is 1.86.